The normalized spacial score (nSPS) is 31.1. The van der Waals surface area contributed by atoms with Crippen LogP contribution >= 0.6 is 0 Å². The van der Waals surface area contributed by atoms with Gasteiger partial charge < -0.3 is 15.1 Å². The summed E-state index contributed by atoms with van der Waals surface area (Å²) < 4.78 is 0. The molecule has 4 unspecified atom stereocenters. The lowest BCUT2D eigenvalue weighted by molar-refractivity contribution is 0.0707. The molecule has 1 heterocycles. The van der Waals surface area contributed by atoms with Gasteiger partial charge in [-0.1, -0.05) is 0 Å². The monoisotopic (exact) mass is 265 g/mol. The first kappa shape index (κ1) is 14.4. The van der Waals surface area contributed by atoms with Crippen LogP contribution < -0.4 is 0 Å². The summed E-state index contributed by atoms with van der Waals surface area (Å²) in [6, 6.07) is 2.20. The SMILES string of the molecule is Cc1nccc(CC2C(CO)C(O)CC2N(C)C)n1. The first-order valence-electron chi connectivity index (χ1n) is 6.76. The van der Waals surface area contributed by atoms with Gasteiger partial charge in [-0.05, 0) is 45.8 Å². The zero-order chi connectivity index (χ0) is 14.0. The van der Waals surface area contributed by atoms with Gasteiger partial charge >= 0.3 is 0 Å². The molecule has 0 bridgehead atoms. The van der Waals surface area contributed by atoms with E-state index < -0.39 is 6.10 Å². The van der Waals surface area contributed by atoms with Gasteiger partial charge in [-0.2, -0.15) is 0 Å². The summed E-state index contributed by atoms with van der Waals surface area (Å²) >= 11 is 0. The second kappa shape index (κ2) is 5.94. The molecule has 0 spiro atoms. The average Bonchev–Trinajstić information content (AvgIpc) is 2.66. The van der Waals surface area contributed by atoms with E-state index in [9.17, 15) is 10.2 Å². The smallest absolute Gasteiger partial charge is 0.125 e. The van der Waals surface area contributed by atoms with E-state index in [1.165, 1.54) is 0 Å². The summed E-state index contributed by atoms with van der Waals surface area (Å²) in [5, 5.41) is 19.6. The van der Waals surface area contributed by atoms with Crippen LogP contribution in [0, 0.1) is 18.8 Å². The van der Waals surface area contributed by atoms with E-state index in [4.69, 9.17) is 0 Å². The fourth-order valence-electron chi connectivity index (χ4n) is 3.17. The number of rotatable bonds is 4. The number of aryl methyl sites for hydroxylation is 1. The zero-order valence-electron chi connectivity index (χ0n) is 11.8. The van der Waals surface area contributed by atoms with Crippen molar-refractivity contribution >= 4 is 0 Å². The quantitative estimate of drug-likeness (QED) is 0.816. The predicted octanol–water partition coefficient (Wildman–Crippen LogP) is 0.247. The van der Waals surface area contributed by atoms with Crippen LogP contribution in [0.25, 0.3) is 0 Å². The van der Waals surface area contributed by atoms with Gasteiger partial charge in [0.05, 0.1) is 6.10 Å². The third-order valence-electron chi connectivity index (χ3n) is 4.17. The molecule has 2 N–H and O–H groups in total. The molecular formula is C14H23N3O2. The average molecular weight is 265 g/mol. The van der Waals surface area contributed by atoms with E-state index in [0.29, 0.717) is 6.42 Å². The molecule has 1 aromatic rings. The lowest BCUT2D eigenvalue weighted by atomic mass is 9.88. The van der Waals surface area contributed by atoms with Crippen LogP contribution in [0.5, 0.6) is 0 Å². The van der Waals surface area contributed by atoms with Crippen LogP contribution in [0.15, 0.2) is 12.3 Å². The molecule has 1 saturated carbocycles. The summed E-state index contributed by atoms with van der Waals surface area (Å²) in [5.74, 6) is 0.921. The molecule has 5 nitrogen and oxygen atoms in total. The summed E-state index contributed by atoms with van der Waals surface area (Å²) in [6.07, 6.45) is 2.83. The van der Waals surface area contributed by atoms with E-state index in [-0.39, 0.29) is 24.5 Å². The van der Waals surface area contributed by atoms with Gasteiger partial charge in [-0.3, -0.25) is 0 Å². The number of aliphatic hydroxyl groups excluding tert-OH is 2. The lowest BCUT2D eigenvalue weighted by Crippen LogP contribution is -2.35. The van der Waals surface area contributed by atoms with Crippen LogP contribution in [0.4, 0.5) is 0 Å². The second-order valence-corrected chi connectivity index (χ2v) is 5.64. The highest BCUT2D eigenvalue weighted by Crippen LogP contribution is 2.36. The number of nitrogens with zero attached hydrogens (tertiary/aromatic N) is 3. The van der Waals surface area contributed by atoms with Gasteiger partial charge in [-0.15, -0.1) is 0 Å². The Morgan fingerprint density at radius 3 is 2.68 bits per heavy atom. The Balaban J connectivity index is 2.18. The maximum absolute atomic E-state index is 10.1. The largest absolute Gasteiger partial charge is 0.396 e. The fourth-order valence-corrected chi connectivity index (χ4v) is 3.17. The number of hydrogen-bond acceptors (Lipinski definition) is 5. The first-order chi connectivity index (χ1) is 9.02. The van der Waals surface area contributed by atoms with Gasteiger partial charge in [-0.25, -0.2) is 9.97 Å². The molecular weight excluding hydrogens is 242 g/mol. The number of aliphatic hydroxyl groups is 2. The Kier molecular flexibility index (Phi) is 4.50. The highest BCUT2D eigenvalue weighted by Gasteiger charge is 2.43. The van der Waals surface area contributed by atoms with Crippen LogP contribution in [0.2, 0.25) is 0 Å². The molecule has 1 aliphatic rings. The number of hydrogen-bond donors (Lipinski definition) is 2. The standard InChI is InChI=1S/C14H23N3O2/c1-9-15-5-4-10(16-9)6-11-12(8-18)14(19)7-13(11)17(2)3/h4-5,11-14,18-19H,6-8H2,1-3H3. The van der Waals surface area contributed by atoms with Crippen molar-refractivity contribution in [2.75, 3.05) is 20.7 Å². The second-order valence-electron chi connectivity index (χ2n) is 5.64. The summed E-state index contributed by atoms with van der Waals surface area (Å²) in [7, 11) is 4.05. The molecule has 1 fully saturated rings. The Morgan fingerprint density at radius 1 is 1.37 bits per heavy atom. The van der Waals surface area contributed by atoms with E-state index in [1.807, 2.05) is 27.1 Å². The third-order valence-corrected chi connectivity index (χ3v) is 4.17. The summed E-state index contributed by atoms with van der Waals surface area (Å²) in [5.41, 5.74) is 0.983. The Labute approximate surface area is 114 Å². The lowest BCUT2D eigenvalue weighted by Gasteiger charge is -2.28. The van der Waals surface area contributed by atoms with Crippen LogP contribution in [0.1, 0.15) is 17.9 Å². The number of aromatic nitrogens is 2. The van der Waals surface area contributed by atoms with Crippen molar-refractivity contribution < 1.29 is 10.2 Å². The van der Waals surface area contributed by atoms with Crippen molar-refractivity contribution in [3.63, 3.8) is 0 Å². The minimum atomic E-state index is -0.426. The topological polar surface area (TPSA) is 69.5 Å². The molecule has 0 saturated heterocycles. The van der Waals surface area contributed by atoms with E-state index >= 15 is 0 Å². The third kappa shape index (κ3) is 3.11. The molecule has 0 aliphatic heterocycles. The van der Waals surface area contributed by atoms with Crippen molar-refractivity contribution in [2.45, 2.75) is 31.9 Å². The predicted molar refractivity (Wildman–Crippen MR) is 72.6 cm³/mol. The van der Waals surface area contributed by atoms with Gasteiger partial charge in [0.25, 0.3) is 0 Å². The maximum Gasteiger partial charge on any atom is 0.125 e. The van der Waals surface area contributed by atoms with Gasteiger partial charge in [0.2, 0.25) is 0 Å². The minimum absolute atomic E-state index is 0.0280. The molecule has 0 radical (unpaired) electrons. The van der Waals surface area contributed by atoms with Crippen molar-refractivity contribution in [2.24, 2.45) is 11.8 Å². The van der Waals surface area contributed by atoms with Crippen molar-refractivity contribution in [1.82, 2.24) is 14.9 Å². The van der Waals surface area contributed by atoms with Crippen molar-refractivity contribution in [3.8, 4) is 0 Å². The van der Waals surface area contributed by atoms with Crippen LogP contribution in [-0.4, -0.2) is 57.9 Å². The van der Waals surface area contributed by atoms with Gasteiger partial charge in [0.15, 0.2) is 0 Å². The molecule has 1 aromatic heterocycles. The maximum atomic E-state index is 10.1. The summed E-state index contributed by atoms with van der Waals surface area (Å²) in [6.45, 7) is 1.90. The summed E-state index contributed by atoms with van der Waals surface area (Å²) in [4.78, 5) is 10.7. The van der Waals surface area contributed by atoms with Crippen LogP contribution in [0.3, 0.4) is 0 Å². The van der Waals surface area contributed by atoms with E-state index in [0.717, 1.165) is 17.9 Å². The highest BCUT2D eigenvalue weighted by molar-refractivity contribution is 5.07. The highest BCUT2D eigenvalue weighted by atomic mass is 16.3. The molecule has 0 aromatic carbocycles. The van der Waals surface area contributed by atoms with Crippen LogP contribution in [-0.2, 0) is 6.42 Å². The molecule has 2 rings (SSSR count). The molecule has 106 valence electrons. The van der Waals surface area contributed by atoms with Crippen molar-refractivity contribution in [1.29, 1.82) is 0 Å². The molecule has 4 atom stereocenters. The molecule has 5 heteroatoms. The van der Waals surface area contributed by atoms with Gasteiger partial charge in [0, 0.05) is 30.5 Å². The molecule has 19 heavy (non-hydrogen) atoms. The Hall–Kier alpha value is -1.04. The fraction of sp³-hybridized carbons (Fsp3) is 0.714. The van der Waals surface area contributed by atoms with E-state index in [2.05, 4.69) is 14.9 Å². The van der Waals surface area contributed by atoms with Gasteiger partial charge in [0.1, 0.15) is 5.82 Å². The first-order valence-corrected chi connectivity index (χ1v) is 6.76. The Bertz CT molecular complexity index is 425. The minimum Gasteiger partial charge on any atom is -0.396 e. The Morgan fingerprint density at radius 2 is 2.11 bits per heavy atom. The molecule has 1 aliphatic carbocycles. The van der Waals surface area contributed by atoms with Crippen molar-refractivity contribution in [3.05, 3.63) is 23.8 Å². The van der Waals surface area contributed by atoms with E-state index in [1.54, 1.807) is 6.20 Å². The molecule has 0 amide bonds. The zero-order valence-corrected chi connectivity index (χ0v) is 11.8.